The number of hydrogen-bond donors (Lipinski definition) is 1. The molecule has 0 amide bonds. The van der Waals surface area contributed by atoms with Crippen LogP contribution in [0.3, 0.4) is 0 Å². The van der Waals surface area contributed by atoms with E-state index in [0.29, 0.717) is 18.2 Å². The Labute approximate surface area is 85.4 Å². The third kappa shape index (κ3) is 8.61. The number of rotatable bonds is 4. The van der Waals surface area contributed by atoms with E-state index in [1.54, 1.807) is 0 Å². The third-order valence-corrected chi connectivity index (χ3v) is 1.26. The van der Waals surface area contributed by atoms with Crippen molar-refractivity contribution in [2.24, 2.45) is 5.92 Å². The first kappa shape index (κ1) is 12.5. The summed E-state index contributed by atoms with van der Waals surface area (Å²) in [6, 6.07) is 0. The first-order valence-electron chi connectivity index (χ1n) is 4.46. The molecular formula is C12H16FN. The maximum Gasteiger partial charge on any atom is 0.116 e. The fourth-order valence-electron chi connectivity index (χ4n) is 0.663. The van der Waals surface area contributed by atoms with Gasteiger partial charge in [-0.25, -0.2) is 4.39 Å². The fraction of sp³-hybridized carbons (Fsp3) is 0.333. The maximum atomic E-state index is 12.2. The van der Waals surface area contributed by atoms with Crippen molar-refractivity contribution < 1.29 is 4.39 Å². The van der Waals surface area contributed by atoms with Crippen LogP contribution in [0.1, 0.15) is 13.8 Å². The summed E-state index contributed by atoms with van der Waals surface area (Å²) in [6.45, 7) is 11.3. The summed E-state index contributed by atoms with van der Waals surface area (Å²) < 4.78 is 12.2. The maximum absolute atomic E-state index is 12.2. The molecule has 0 unspecified atom stereocenters. The van der Waals surface area contributed by atoms with Crippen molar-refractivity contribution in [3.8, 4) is 11.8 Å². The molecule has 0 atom stereocenters. The van der Waals surface area contributed by atoms with Crippen molar-refractivity contribution >= 4 is 0 Å². The van der Waals surface area contributed by atoms with Crippen LogP contribution >= 0.6 is 0 Å². The quantitative estimate of drug-likeness (QED) is 0.534. The number of hydrogen-bond acceptors (Lipinski definition) is 1. The molecular weight excluding hydrogens is 177 g/mol. The van der Waals surface area contributed by atoms with E-state index in [1.165, 1.54) is 12.2 Å². The molecule has 0 saturated carbocycles. The number of allylic oxidation sites excluding steroid dienone is 3. The van der Waals surface area contributed by atoms with Gasteiger partial charge in [0.1, 0.15) is 5.83 Å². The van der Waals surface area contributed by atoms with E-state index in [9.17, 15) is 4.39 Å². The highest BCUT2D eigenvalue weighted by atomic mass is 19.1. The molecule has 2 heteroatoms. The van der Waals surface area contributed by atoms with E-state index in [4.69, 9.17) is 0 Å². The number of nitrogens with one attached hydrogen (secondary N) is 1. The summed E-state index contributed by atoms with van der Waals surface area (Å²) in [5, 5.41) is 2.93. The molecule has 0 radical (unpaired) electrons. The lowest BCUT2D eigenvalue weighted by molar-refractivity contribution is 0.671. The van der Waals surface area contributed by atoms with Crippen molar-refractivity contribution in [3.05, 3.63) is 36.8 Å². The molecule has 14 heavy (non-hydrogen) atoms. The van der Waals surface area contributed by atoms with Gasteiger partial charge in [-0.1, -0.05) is 38.8 Å². The Balaban J connectivity index is 3.77. The average molecular weight is 193 g/mol. The minimum atomic E-state index is -0.485. The molecule has 0 bridgehead atoms. The fourth-order valence-corrected chi connectivity index (χ4v) is 0.663. The second-order valence-electron chi connectivity index (χ2n) is 3.13. The Bertz CT molecular complexity index is 289. The molecule has 0 aromatic rings. The van der Waals surface area contributed by atoms with Gasteiger partial charge in [0.25, 0.3) is 0 Å². The van der Waals surface area contributed by atoms with Crippen molar-refractivity contribution in [2.45, 2.75) is 13.8 Å². The number of halogens is 1. The average Bonchev–Trinajstić information content (AvgIpc) is 2.08. The summed E-state index contributed by atoms with van der Waals surface area (Å²) in [6.07, 6.45) is 2.78. The summed E-state index contributed by atoms with van der Waals surface area (Å²) in [7, 11) is 0. The van der Waals surface area contributed by atoms with E-state index in [2.05, 4.69) is 30.3 Å². The van der Waals surface area contributed by atoms with Crippen LogP contribution in [0.5, 0.6) is 0 Å². The van der Waals surface area contributed by atoms with E-state index >= 15 is 0 Å². The largest absolute Gasteiger partial charge is 0.375 e. The summed E-state index contributed by atoms with van der Waals surface area (Å²) in [4.78, 5) is 0. The van der Waals surface area contributed by atoms with Gasteiger partial charge in [0.2, 0.25) is 0 Å². The monoisotopic (exact) mass is 193 g/mol. The summed E-state index contributed by atoms with van der Waals surface area (Å²) >= 11 is 0. The Morgan fingerprint density at radius 1 is 1.43 bits per heavy atom. The van der Waals surface area contributed by atoms with Crippen molar-refractivity contribution in [3.63, 3.8) is 0 Å². The van der Waals surface area contributed by atoms with Crippen molar-refractivity contribution in [1.82, 2.24) is 5.32 Å². The first-order valence-corrected chi connectivity index (χ1v) is 4.46. The molecule has 0 aliphatic rings. The highest BCUT2D eigenvalue weighted by Crippen LogP contribution is 1.95. The zero-order valence-electron chi connectivity index (χ0n) is 8.73. The highest BCUT2D eigenvalue weighted by molar-refractivity contribution is 5.20. The van der Waals surface area contributed by atoms with Gasteiger partial charge in [0.05, 0.1) is 6.54 Å². The predicted octanol–water partition coefficient (Wildman–Crippen LogP) is 2.79. The summed E-state index contributed by atoms with van der Waals surface area (Å²) in [5.41, 5.74) is 0.627. The Hall–Kier alpha value is -1.49. The molecule has 0 aliphatic heterocycles. The topological polar surface area (TPSA) is 12.0 Å². The van der Waals surface area contributed by atoms with Crippen molar-refractivity contribution in [1.29, 1.82) is 0 Å². The normalized spacial score (nSPS) is 9.71. The van der Waals surface area contributed by atoms with Crippen LogP contribution < -0.4 is 5.32 Å². The standard InChI is InChI=1S/C12H16FN/c1-10(2)6-5-9-14-12(4)8-7-11(3)13/h7-8,10,14H,3-4,9H2,1-2H3/b8-7-. The van der Waals surface area contributed by atoms with Gasteiger partial charge in [-0.3, -0.25) is 0 Å². The molecule has 1 N–H and O–H groups in total. The van der Waals surface area contributed by atoms with Gasteiger partial charge in [-0.15, -0.1) is 0 Å². The predicted molar refractivity (Wildman–Crippen MR) is 59.1 cm³/mol. The van der Waals surface area contributed by atoms with Crippen LogP contribution in [0.25, 0.3) is 0 Å². The van der Waals surface area contributed by atoms with E-state index in [-0.39, 0.29) is 0 Å². The first-order chi connectivity index (χ1) is 6.52. The van der Waals surface area contributed by atoms with Crippen LogP contribution in [0.15, 0.2) is 36.8 Å². The van der Waals surface area contributed by atoms with Crippen molar-refractivity contribution in [2.75, 3.05) is 6.54 Å². The molecule has 0 aromatic heterocycles. The molecule has 76 valence electrons. The lowest BCUT2D eigenvalue weighted by Crippen LogP contribution is -2.10. The minimum absolute atomic E-state index is 0.367. The third-order valence-electron chi connectivity index (χ3n) is 1.26. The van der Waals surface area contributed by atoms with Gasteiger partial charge in [-0.05, 0) is 12.2 Å². The van der Waals surface area contributed by atoms with E-state index < -0.39 is 5.83 Å². The minimum Gasteiger partial charge on any atom is -0.375 e. The summed E-state index contributed by atoms with van der Waals surface area (Å²) in [5.74, 6) is 5.81. The van der Waals surface area contributed by atoms with Gasteiger partial charge >= 0.3 is 0 Å². The molecule has 0 aromatic carbocycles. The zero-order chi connectivity index (χ0) is 11.0. The Kier molecular flexibility index (Phi) is 6.22. The van der Waals surface area contributed by atoms with E-state index in [0.717, 1.165) is 0 Å². The molecule has 0 heterocycles. The molecule has 1 nitrogen and oxygen atoms in total. The lowest BCUT2D eigenvalue weighted by Gasteiger charge is -1.99. The molecule has 0 saturated heterocycles. The molecule has 0 spiro atoms. The lowest BCUT2D eigenvalue weighted by atomic mass is 10.2. The SMILES string of the molecule is C=C(F)/C=C\C(=C)NCC#CC(C)C. The van der Waals surface area contributed by atoms with Crippen LogP contribution in [0.4, 0.5) is 4.39 Å². The van der Waals surface area contributed by atoms with Gasteiger partial charge in [-0.2, -0.15) is 0 Å². The van der Waals surface area contributed by atoms with Gasteiger partial charge in [0.15, 0.2) is 0 Å². The molecule has 0 fully saturated rings. The molecule has 0 rings (SSSR count). The van der Waals surface area contributed by atoms with E-state index in [1.807, 2.05) is 13.8 Å². The molecule has 0 aliphatic carbocycles. The van der Waals surface area contributed by atoms with Crippen LogP contribution in [0, 0.1) is 17.8 Å². The highest BCUT2D eigenvalue weighted by Gasteiger charge is 1.85. The van der Waals surface area contributed by atoms with Gasteiger partial charge < -0.3 is 5.32 Å². The second-order valence-corrected chi connectivity index (χ2v) is 3.13. The van der Waals surface area contributed by atoms with Crippen LogP contribution in [0.2, 0.25) is 0 Å². The van der Waals surface area contributed by atoms with Gasteiger partial charge in [0, 0.05) is 11.6 Å². The van der Waals surface area contributed by atoms with Crippen LogP contribution in [-0.4, -0.2) is 6.54 Å². The Morgan fingerprint density at radius 2 is 2.07 bits per heavy atom. The second kappa shape index (κ2) is 6.97. The van der Waals surface area contributed by atoms with Crippen LogP contribution in [-0.2, 0) is 0 Å². The smallest absolute Gasteiger partial charge is 0.116 e. The zero-order valence-corrected chi connectivity index (χ0v) is 8.73. The Morgan fingerprint density at radius 3 is 2.57 bits per heavy atom.